The molecule has 0 aliphatic carbocycles. The van der Waals surface area contributed by atoms with Crippen LogP contribution >= 0.6 is 0 Å². The highest BCUT2D eigenvalue weighted by Gasteiger charge is 2.33. The zero-order valence-corrected chi connectivity index (χ0v) is 12.6. The van der Waals surface area contributed by atoms with Crippen molar-refractivity contribution < 1.29 is 13.2 Å². The number of rotatable bonds is 2. The van der Waals surface area contributed by atoms with Gasteiger partial charge in [0.05, 0.1) is 5.56 Å². The van der Waals surface area contributed by atoms with Gasteiger partial charge in [-0.15, -0.1) is 0 Å². The summed E-state index contributed by atoms with van der Waals surface area (Å²) in [7, 11) is 0. The molecule has 6 heteroatoms. The highest BCUT2D eigenvalue weighted by molar-refractivity contribution is 5.73. The fourth-order valence-corrected chi connectivity index (χ4v) is 2.44. The summed E-state index contributed by atoms with van der Waals surface area (Å²) in [6, 6.07) is 11.1. The molecule has 0 saturated carbocycles. The largest absolute Gasteiger partial charge is 0.417 e. The molecule has 0 saturated heterocycles. The first-order valence-electron chi connectivity index (χ1n) is 7.02. The molecule has 0 aliphatic rings. The minimum Gasteiger partial charge on any atom is -0.263 e. The molecule has 0 bridgehead atoms. The van der Waals surface area contributed by atoms with Crippen molar-refractivity contribution in [3.05, 3.63) is 59.4 Å². The maximum Gasteiger partial charge on any atom is 0.417 e. The highest BCUT2D eigenvalue weighted by Crippen LogP contribution is 2.38. The summed E-state index contributed by atoms with van der Waals surface area (Å²) in [4.78, 5) is 4.21. The van der Waals surface area contributed by atoms with E-state index >= 15 is 0 Å². The number of nitrogens with zero attached hydrogens (tertiary/aromatic N) is 2. The summed E-state index contributed by atoms with van der Waals surface area (Å²) in [6.07, 6.45) is -4.40. The number of benzene rings is 2. The van der Waals surface area contributed by atoms with Gasteiger partial charge >= 0.3 is 6.18 Å². The first kappa shape index (κ1) is 15.3. The number of aromatic nitrogens is 3. The minimum absolute atomic E-state index is 0.150. The number of halogens is 3. The lowest BCUT2D eigenvalue weighted by molar-refractivity contribution is -0.137. The van der Waals surface area contributed by atoms with Gasteiger partial charge in [0, 0.05) is 5.56 Å². The summed E-state index contributed by atoms with van der Waals surface area (Å²) >= 11 is 0. The van der Waals surface area contributed by atoms with Crippen LogP contribution in [0.1, 0.15) is 17.0 Å². The standard InChI is InChI=1S/C17H14F3N3/c1-10-6-7-14(15(8-10)17(18,19)20)12-4-3-5-13(9-12)16-21-11(2)22-23-16/h3-9H,1-2H3,(H,21,22,23). The minimum atomic E-state index is -4.40. The Morgan fingerprint density at radius 1 is 0.957 bits per heavy atom. The average Bonchev–Trinajstić information content (AvgIpc) is 2.93. The van der Waals surface area contributed by atoms with Crippen LogP contribution in [0.5, 0.6) is 0 Å². The fraction of sp³-hybridized carbons (Fsp3) is 0.176. The second-order valence-corrected chi connectivity index (χ2v) is 5.37. The lowest BCUT2D eigenvalue weighted by Crippen LogP contribution is -2.07. The van der Waals surface area contributed by atoms with Gasteiger partial charge in [-0.05, 0) is 37.1 Å². The van der Waals surface area contributed by atoms with Crippen molar-refractivity contribution >= 4 is 0 Å². The van der Waals surface area contributed by atoms with Crippen LogP contribution in [-0.2, 0) is 6.18 Å². The van der Waals surface area contributed by atoms with Crippen molar-refractivity contribution in [1.29, 1.82) is 0 Å². The molecule has 1 N–H and O–H groups in total. The number of aryl methyl sites for hydroxylation is 2. The van der Waals surface area contributed by atoms with Crippen molar-refractivity contribution in [2.45, 2.75) is 20.0 Å². The first-order valence-corrected chi connectivity index (χ1v) is 7.02. The van der Waals surface area contributed by atoms with Crippen LogP contribution in [0.3, 0.4) is 0 Å². The number of alkyl halides is 3. The van der Waals surface area contributed by atoms with Crippen LogP contribution in [0.4, 0.5) is 13.2 Å². The number of hydrogen-bond acceptors (Lipinski definition) is 2. The van der Waals surface area contributed by atoms with E-state index in [1.807, 2.05) is 0 Å². The average molecular weight is 317 g/mol. The zero-order valence-electron chi connectivity index (χ0n) is 12.6. The van der Waals surface area contributed by atoms with E-state index in [9.17, 15) is 13.2 Å². The number of hydrogen-bond donors (Lipinski definition) is 1. The van der Waals surface area contributed by atoms with Gasteiger partial charge < -0.3 is 0 Å². The van der Waals surface area contributed by atoms with E-state index in [-0.39, 0.29) is 5.56 Å². The van der Waals surface area contributed by atoms with E-state index in [1.54, 1.807) is 44.2 Å². The van der Waals surface area contributed by atoms with Crippen molar-refractivity contribution in [3.8, 4) is 22.5 Å². The lowest BCUT2D eigenvalue weighted by atomic mass is 9.96. The van der Waals surface area contributed by atoms with Crippen molar-refractivity contribution in [2.75, 3.05) is 0 Å². The zero-order chi connectivity index (χ0) is 16.6. The number of H-pyrrole nitrogens is 1. The summed E-state index contributed by atoms with van der Waals surface area (Å²) in [5.74, 6) is 1.11. The molecule has 0 amide bonds. The molecule has 1 aromatic heterocycles. The highest BCUT2D eigenvalue weighted by atomic mass is 19.4. The molecule has 0 atom stereocenters. The Morgan fingerprint density at radius 3 is 2.35 bits per heavy atom. The monoisotopic (exact) mass is 317 g/mol. The molecule has 0 fully saturated rings. The SMILES string of the molecule is Cc1ccc(-c2cccc(-c3n[nH]c(C)n3)c2)c(C(F)(F)F)c1. The van der Waals surface area contributed by atoms with Gasteiger partial charge in [-0.3, -0.25) is 5.10 Å². The smallest absolute Gasteiger partial charge is 0.263 e. The van der Waals surface area contributed by atoms with E-state index in [2.05, 4.69) is 15.2 Å². The van der Waals surface area contributed by atoms with Crippen LogP contribution in [-0.4, -0.2) is 15.2 Å². The van der Waals surface area contributed by atoms with Crippen molar-refractivity contribution in [3.63, 3.8) is 0 Å². The predicted octanol–water partition coefficient (Wildman–Crippen LogP) is 4.77. The molecule has 0 unspecified atom stereocenters. The van der Waals surface area contributed by atoms with Crippen LogP contribution < -0.4 is 0 Å². The second-order valence-electron chi connectivity index (χ2n) is 5.37. The maximum absolute atomic E-state index is 13.3. The molecule has 0 radical (unpaired) electrons. The summed E-state index contributed by atoms with van der Waals surface area (Å²) in [5.41, 5.74) is 1.23. The molecular formula is C17H14F3N3. The van der Waals surface area contributed by atoms with Crippen molar-refractivity contribution in [1.82, 2.24) is 15.2 Å². The topological polar surface area (TPSA) is 41.6 Å². The van der Waals surface area contributed by atoms with Gasteiger partial charge in [-0.2, -0.15) is 18.3 Å². The van der Waals surface area contributed by atoms with E-state index in [0.717, 1.165) is 0 Å². The lowest BCUT2D eigenvalue weighted by Gasteiger charge is -2.14. The number of aromatic amines is 1. The molecule has 2 aromatic carbocycles. The van der Waals surface area contributed by atoms with E-state index in [0.29, 0.717) is 28.3 Å². The Morgan fingerprint density at radius 2 is 1.70 bits per heavy atom. The third-order valence-electron chi connectivity index (χ3n) is 3.51. The Bertz CT molecular complexity index is 850. The molecule has 3 aromatic rings. The quantitative estimate of drug-likeness (QED) is 0.739. The van der Waals surface area contributed by atoms with Gasteiger partial charge in [-0.25, -0.2) is 4.98 Å². The summed E-state index contributed by atoms with van der Waals surface area (Å²) in [6.45, 7) is 3.41. The molecule has 3 nitrogen and oxygen atoms in total. The van der Waals surface area contributed by atoms with Crippen LogP contribution in [0.2, 0.25) is 0 Å². The van der Waals surface area contributed by atoms with Gasteiger partial charge in [0.15, 0.2) is 5.82 Å². The summed E-state index contributed by atoms with van der Waals surface area (Å²) in [5, 5.41) is 6.78. The first-order chi connectivity index (χ1) is 10.8. The Labute approximate surface area is 131 Å². The van der Waals surface area contributed by atoms with Gasteiger partial charge in [0.2, 0.25) is 0 Å². The Hall–Kier alpha value is -2.63. The molecule has 23 heavy (non-hydrogen) atoms. The molecule has 0 spiro atoms. The van der Waals surface area contributed by atoms with E-state index in [1.165, 1.54) is 12.1 Å². The fourth-order valence-electron chi connectivity index (χ4n) is 2.44. The normalized spacial score (nSPS) is 11.7. The van der Waals surface area contributed by atoms with Gasteiger partial charge in [0.25, 0.3) is 0 Å². The van der Waals surface area contributed by atoms with E-state index < -0.39 is 11.7 Å². The van der Waals surface area contributed by atoms with Crippen LogP contribution in [0.15, 0.2) is 42.5 Å². The van der Waals surface area contributed by atoms with E-state index in [4.69, 9.17) is 0 Å². The van der Waals surface area contributed by atoms with Gasteiger partial charge in [0.1, 0.15) is 5.82 Å². The third kappa shape index (κ3) is 3.11. The van der Waals surface area contributed by atoms with Crippen molar-refractivity contribution in [2.24, 2.45) is 0 Å². The van der Waals surface area contributed by atoms with Crippen LogP contribution in [0.25, 0.3) is 22.5 Å². The molecule has 0 aliphatic heterocycles. The number of nitrogens with one attached hydrogen (secondary N) is 1. The maximum atomic E-state index is 13.3. The Balaban J connectivity index is 2.13. The predicted molar refractivity (Wildman–Crippen MR) is 81.7 cm³/mol. The molecule has 118 valence electrons. The van der Waals surface area contributed by atoms with Crippen LogP contribution in [0, 0.1) is 13.8 Å². The molecular weight excluding hydrogens is 303 g/mol. The second kappa shape index (κ2) is 5.53. The van der Waals surface area contributed by atoms with Gasteiger partial charge in [-0.1, -0.05) is 35.9 Å². The Kier molecular flexibility index (Phi) is 3.67. The third-order valence-corrected chi connectivity index (χ3v) is 3.51. The molecule has 3 rings (SSSR count). The molecule has 1 heterocycles. The summed E-state index contributed by atoms with van der Waals surface area (Å²) < 4.78 is 39.9.